The van der Waals surface area contributed by atoms with E-state index in [4.69, 9.17) is 13.9 Å². The highest BCUT2D eigenvalue weighted by Crippen LogP contribution is 2.54. The quantitative estimate of drug-likeness (QED) is 0.280. The van der Waals surface area contributed by atoms with Gasteiger partial charge in [0.15, 0.2) is 23.0 Å². The third-order valence-electron chi connectivity index (χ3n) is 6.75. The molecule has 4 aromatic rings. The van der Waals surface area contributed by atoms with Crippen LogP contribution in [0.3, 0.4) is 0 Å². The van der Waals surface area contributed by atoms with Crippen LogP contribution in [0, 0.1) is 6.92 Å². The molecule has 0 unspecified atom stereocenters. The smallest absolute Gasteiger partial charge is 0.174 e. The highest BCUT2D eigenvalue weighted by molar-refractivity contribution is 5.93. The minimum absolute atomic E-state index is 0.414. The minimum atomic E-state index is -0.414. The molecule has 6 rings (SSSR count). The summed E-state index contributed by atoms with van der Waals surface area (Å²) >= 11 is 0. The first-order valence-electron chi connectivity index (χ1n) is 11.1. The summed E-state index contributed by atoms with van der Waals surface area (Å²) in [5, 5.41) is 1.13. The van der Waals surface area contributed by atoms with E-state index in [-0.39, 0.29) is 0 Å². The molecular weight excluding hydrogens is 408 g/mol. The Balaban J connectivity index is 1.59. The zero-order valence-corrected chi connectivity index (χ0v) is 18.9. The van der Waals surface area contributed by atoms with Crippen LogP contribution in [0.15, 0.2) is 89.4 Å². The number of para-hydroxylation sites is 3. The summed E-state index contributed by atoms with van der Waals surface area (Å²) in [6.07, 6.45) is 6.22. The molecule has 3 aromatic carbocycles. The summed E-state index contributed by atoms with van der Waals surface area (Å²) < 4.78 is 19.0. The van der Waals surface area contributed by atoms with E-state index in [1.807, 2.05) is 54.6 Å². The van der Waals surface area contributed by atoms with Gasteiger partial charge in [-0.3, -0.25) is 0 Å². The normalized spacial score (nSPS) is 15.7. The summed E-state index contributed by atoms with van der Waals surface area (Å²) in [5.41, 5.74) is 5.87. The van der Waals surface area contributed by atoms with Gasteiger partial charge in [0.1, 0.15) is 11.3 Å². The lowest BCUT2D eigenvalue weighted by Crippen LogP contribution is -2.22. The van der Waals surface area contributed by atoms with Crippen LogP contribution in [0.5, 0.6) is 23.0 Å². The van der Waals surface area contributed by atoms with Crippen molar-refractivity contribution in [2.75, 3.05) is 0 Å². The average molecular weight is 433 g/mol. The molecule has 2 aliphatic rings. The van der Waals surface area contributed by atoms with Crippen molar-refractivity contribution >= 4 is 22.6 Å². The topological polar surface area (TPSA) is 31.6 Å². The Labute approximate surface area is 193 Å². The second-order valence-corrected chi connectivity index (χ2v) is 9.05. The molecule has 3 nitrogen and oxygen atoms in total. The SMILES string of the molecule is C=CC1=C(c2oc3ccccc3c2C)C=Cc2ccc3c(c2C1(C)C)Oc1ccccc1O3. The number of ether oxygens (including phenoxy) is 2. The summed E-state index contributed by atoms with van der Waals surface area (Å²) in [4.78, 5) is 0. The molecule has 1 aliphatic heterocycles. The van der Waals surface area contributed by atoms with E-state index >= 15 is 0 Å². The van der Waals surface area contributed by atoms with Crippen molar-refractivity contribution in [3.05, 3.63) is 107 Å². The van der Waals surface area contributed by atoms with Gasteiger partial charge in [0, 0.05) is 27.5 Å². The van der Waals surface area contributed by atoms with Crippen LogP contribution in [-0.4, -0.2) is 0 Å². The molecule has 3 heteroatoms. The van der Waals surface area contributed by atoms with E-state index in [1.165, 1.54) is 0 Å². The number of hydrogen-bond donors (Lipinski definition) is 0. The molecule has 0 atom stereocenters. The zero-order chi connectivity index (χ0) is 22.7. The molecule has 0 spiro atoms. The first kappa shape index (κ1) is 19.7. The van der Waals surface area contributed by atoms with Crippen LogP contribution >= 0.6 is 0 Å². The zero-order valence-electron chi connectivity index (χ0n) is 18.9. The molecule has 0 fully saturated rings. The number of rotatable bonds is 2. The van der Waals surface area contributed by atoms with E-state index in [9.17, 15) is 0 Å². The van der Waals surface area contributed by atoms with E-state index < -0.39 is 5.41 Å². The van der Waals surface area contributed by atoms with Gasteiger partial charge < -0.3 is 13.9 Å². The van der Waals surface area contributed by atoms with Crippen LogP contribution in [0.4, 0.5) is 0 Å². The molecule has 162 valence electrons. The van der Waals surface area contributed by atoms with Gasteiger partial charge in [-0.25, -0.2) is 0 Å². The van der Waals surface area contributed by atoms with Crippen molar-refractivity contribution in [2.45, 2.75) is 26.2 Å². The van der Waals surface area contributed by atoms with Crippen molar-refractivity contribution < 1.29 is 13.9 Å². The number of aryl methyl sites for hydroxylation is 1. The largest absolute Gasteiger partial charge is 0.456 e. The van der Waals surface area contributed by atoms with Crippen LogP contribution in [0.2, 0.25) is 0 Å². The Morgan fingerprint density at radius 2 is 1.55 bits per heavy atom. The fourth-order valence-corrected chi connectivity index (χ4v) is 5.12. The van der Waals surface area contributed by atoms with Crippen LogP contribution in [-0.2, 0) is 5.41 Å². The number of benzene rings is 3. The molecule has 1 aromatic heterocycles. The molecule has 33 heavy (non-hydrogen) atoms. The monoisotopic (exact) mass is 432 g/mol. The third-order valence-corrected chi connectivity index (χ3v) is 6.75. The lowest BCUT2D eigenvalue weighted by Gasteiger charge is -2.33. The molecule has 0 radical (unpaired) electrons. The van der Waals surface area contributed by atoms with Crippen LogP contribution < -0.4 is 9.47 Å². The van der Waals surface area contributed by atoms with Crippen molar-refractivity contribution in [1.29, 1.82) is 0 Å². The van der Waals surface area contributed by atoms with Crippen molar-refractivity contribution in [1.82, 2.24) is 0 Å². The first-order chi connectivity index (χ1) is 16.0. The number of allylic oxidation sites excluding steroid dienone is 4. The van der Waals surface area contributed by atoms with E-state index in [2.05, 4.69) is 51.6 Å². The summed E-state index contributed by atoms with van der Waals surface area (Å²) in [6, 6.07) is 20.0. The van der Waals surface area contributed by atoms with Gasteiger partial charge in [0.2, 0.25) is 0 Å². The third kappa shape index (κ3) is 2.82. The molecule has 0 bridgehead atoms. The van der Waals surface area contributed by atoms with E-state index in [0.29, 0.717) is 0 Å². The van der Waals surface area contributed by atoms with Crippen LogP contribution in [0.1, 0.15) is 36.3 Å². The number of furan rings is 1. The standard InChI is InChI=1S/C30H24O3/c1-5-22-21(28-18(2)20-10-6-7-11-23(20)32-28)16-14-19-15-17-26-29(27(19)30(22,3)4)33-25-13-9-8-12-24(25)31-26/h5-17H,1H2,2-4H3. The summed E-state index contributed by atoms with van der Waals surface area (Å²) in [7, 11) is 0. The molecule has 0 saturated carbocycles. The lowest BCUT2D eigenvalue weighted by molar-refractivity contribution is 0.351. The van der Waals surface area contributed by atoms with E-state index in [1.54, 1.807) is 0 Å². The maximum atomic E-state index is 6.43. The van der Waals surface area contributed by atoms with Crippen molar-refractivity contribution in [3.63, 3.8) is 0 Å². The second-order valence-electron chi connectivity index (χ2n) is 9.05. The van der Waals surface area contributed by atoms with Crippen molar-refractivity contribution in [3.8, 4) is 23.0 Å². The van der Waals surface area contributed by atoms with E-state index in [0.717, 1.165) is 67.6 Å². The highest BCUT2D eigenvalue weighted by atomic mass is 16.6. The lowest BCUT2D eigenvalue weighted by atomic mass is 9.74. The first-order valence-corrected chi connectivity index (χ1v) is 11.1. The van der Waals surface area contributed by atoms with Gasteiger partial charge >= 0.3 is 0 Å². The van der Waals surface area contributed by atoms with Gasteiger partial charge in [-0.2, -0.15) is 0 Å². The average Bonchev–Trinajstić information content (AvgIpc) is 3.10. The molecule has 0 amide bonds. The maximum absolute atomic E-state index is 6.43. The molecule has 0 saturated heterocycles. The van der Waals surface area contributed by atoms with Crippen molar-refractivity contribution in [2.24, 2.45) is 0 Å². The molecule has 1 aliphatic carbocycles. The maximum Gasteiger partial charge on any atom is 0.174 e. The fraction of sp³-hybridized carbons (Fsp3) is 0.133. The number of fused-ring (bicyclic) bond motifs is 5. The molecule has 2 heterocycles. The van der Waals surface area contributed by atoms with Gasteiger partial charge in [-0.1, -0.05) is 75.1 Å². The molecule has 0 N–H and O–H groups in total. The minimum Gasteiger partial charge on any atom is -0.456 e. The Bertz CT molecular complexity index is 1510. The highest BCUT2D eigenvalue weighted by Gasteiger charge is 2.37. The Morgan fingerprint density at radius 1 is 0.818 bits per heavy atom. The van der Waals surface area contributed by atoms with Gasteiger partial charge in [-0.15, -0.1) is 0 Å². The number of hydrogen-bond acceptors (Lipinski definition) is 3. The van der Waals surface area contributed by atoms with Gasteiger partial charge in [0.25, 0.3) is 0 Å². The fourth-order valence-electron chi connectivity index (χ4n) is 5.12. The van der Waals surface area contributed by atoms with Gasteiger partial charge in [0.05, 0.1) is 0 Å². The Morgan fingerprint density at radius 3 is 2.30 bits per heavy atom. The predicted octanol–water partition coefficient (Wildman–Crippen LogP) is 8.58. The summed E-state index contributed by atoms with van der Waals surface area (Å²) in [5.74, 6) is 3.80. The van der Waals surface area contributed by atoms with Crippen LogP contribution in [0.25, 0.3) is 22.6 Å². The molecular formula is C30H24O3. The Kier molecular flexibility index (Phi) is 4.18. The Hall–Kier alpha value is -3.98. The predicted molar refractivity (Wildman–Crippen MR) is 133 cm³/mol. The summed E-state index contributed by atoms with van der Waals surface area (Å²) in [6.45, 7) is 10.7. The second kappa shape index (κ2) is 7.01. The van der Waals surface area contributed by atoms with Gasteiger partial charge in [-0.05, 0) is 42.3 Å².